The predicted molar refractivity (Wildman–Crippen MR) is 170 cm³/mol. The second-order valence-electron chi connectivity index (χ2n) is 10.4. The van der Waals surface area contributed by atoms with Crippen molar-refractivity contribution in [3.8, 4) is 0 Å². The smallest absolute Gasteiger partial charge is 0.387 e. The van der Waals surface area contributed by atoms with E-state index in [1.165, 1.54) is 48.7 Å². The molecule has 4 rings (SSSR count). The molecular formula is C32H32ClF3N6O4. The lowest BCUT2D eigenvalue weighted by atomic mass is 10.1. The van der Waals surface area contributed by atoms with E-state index in [0.717, 1.165) is 25.2 Å². The second-order valence-corrected chi connectivity index (χ2v) is 10.8. The van der Waals surface area contributed by atoms with E-state index in [1.807, 2.05) is 0 Å². The number of amides is 3. The minimum Gasteiger partial charge on any atom is -0.387 e. The van der Waals surface area contributed by atoms with Crippen molar-refractivity contribution in [2.45, 2.75) is 12.6 Å². The maximum absolute atomic E-state index is 13.2. The van der Waals surface area contributed by atoms with Gasteiger partial charge in [0.1, 0.15) is 5.84 Å². The molecule has 0 spiro atoms. The van der Waals surface area contributed by atoms with Crippen LogP contribution in [0.1, 0.15) is 43.1 Å². The van der Waals surface area contributed by atoms with Crippen LogP contribution >= 0.6 is 11.6 Å². The third kappa shape index (κ3) is 9.70. The van der Waals surface area contributed by atoms with Gasteiger partial charge in [-0.05, 0) is 54.6 Å². The molecule has 3 N–H and O–H groups in total. The fourth-order valence-corrected chi connectivity index (χ4v) is 4.64. The van der Waals surface area contributed by atoms with E-state index < -0.39 is 23.6 Å². The number of aliphatic imine (C=N–C) groups is 2. The van der Waals surface area contributed by atoms with Gasteiger partial charge in [0.25, 0.3) is 17.7 Å². The summed E-state index contributed by atoms with van der Waals surface area (Å²) in [6.45, 7) is 4.15. The monoisotopic (exact) mass is 656 g/mol. The second kappa shape index (κ2) is 15.6. The highest BCUT2D eigenvalue weighted by Gasteiger charge is 2.30. The molecule has 10 nitrogen and oxygen atoms in total. The molecule has 0 bridgehead atoms. The Kier molecular flexibility index (Phi) is 11.6. The third-order valence-electron chi connectivity index (χ3n) is 6.99. The first-order valence-corrected chi connectivity index (χ1v) is 14.6. The number of benzene rings is 3. The lowest BCUT2D eigenvalue weighted by Gasteiger charge is -2.28. The van der Waals surface area contributed by atoms with Crippen LogP contribution in [-0.2, 0) is 10.9 Å². The van der Waals surface area contributed by atoms with Gasteiger partial charge >= 0.3 is 6.18 Å². The Morgan fingerprint density at radius 1 is 1.04 bits per heavy atom. The summed E-state index contributed by atoms with van der Waals surface area (Å²) in [5.41, 5.74) is 5.66. The van der Waals surface area contributed by atoms with E-state index in [1.54, 1.807) is 24.1 Å². The van der Waals surface area contributed by atoms with Crippen LogP contribution in [0.15, 0.2) is 76.7 Å². The number of nitrogens with two attached hydrogens (primary N) is 1. The van der Waals surface area contributed by atoms with Crippen LogP contribution in [0.25, 0.3) is 0 Å². The molecule has 1 heterocycles. The van der Waals surface area contributed by atoms with Gasteiger partial charge < -0.3 is 20.7 Å². The quantitative estimate of drug-likeness (QED) is 0.225. The van der Waals surface area contributed by atoms with E-state index in [2.05, 4.69) is 20.2 Å². The summed E-state index contributed by atoms with van der Waals surface area (Å²) < 4.78 is 44.2. The highest BCUT2D eigenvalue weighted by molar-refractivity contribution is 6.31. The number of carbonyl (C=O) groups excluding carboxylic acids is 3. The fraction of sp³-hybridized carbons (Fsp3) is 0.281. The molecule has 1 aliphatic rings. The van der Waals surface area contributed by atoms with E-state index >= 15 is 0 Å². The Bertz CT molecular complexity index is 1640. The molecule has 0 aliphatic carbocycles. The van der Waals surface area contributed by atoms with E-state index in [4.69, 9.17) is 22.1 Å². The maximum Gasteiger partial charge on any atom is 0.416 e. The van der Waals surface area contributed by atoms with Gasteiger partial charge in [-0.1, -0.05) is 23.7 Å². The average molecular weight is 657 g/mol. The highest BCUT2D eigenvalue weighted by atomic mass is 35.5. The minimum absolute atomic E-state index is 0.0475. The van der Waals surface area contributed by atoms with Crippen molar-refractivity contribution in [3.05, 3.63) is 94.0 Å². The van der Waals surface area contributed by atoms with Gasteiger partial charge in [0.05, 0.1) is 35.7 Å². The number of alkyl halides is 3. The number of morpholine rings is 1. The highest BCUT2D eigenvalue weighted by Crippen LogP contribution is 2.31. The number of amidine groups is 1. The first-order chi connectivity index (χ1) is 21.9. The summed E-state index contributed by atoms with van der Waals surface area (Å²) in [6, 6.07) is 14.9. The Balaban J connectivity index is 1.41. The largest absolute Gasteiger partial charge is 0.416 e. The zero-order valence-electron chi connectivity index (χ0n) is 24.9. The number of anilines is 1. The zero-order chi connectivity index (χ0) is 33.3. The van der Waals surface area contributed by atoms with Gasteiger partial charge in [0.2, 0.25) is 0 Å². The van der Waals surface area contributed by atoms with E-state index in [-0.39, 0.29) is 45.7 Å². The Morgan fingerprint density at radius 2 is 1.76 bits per heavy atom. The maximum atomic E-state index is 13.2. The summed E-state index contributed by atoms with van der Waals surface area (Å²) in [4.78, 5) is 50.9. The number of rotatable bonds is 10. The number of hydrogen-bond donors (Lipinski definition) is 2. The lowest BCUT2D eigenvalue weighted by molar-refractivity contribution is -0.137. The molecule has 1 aliphatic heterocycles. The Hall–Kier alpha value is -4.59. The molecule has 3 amide bonds. The third-order valence-corrected chi connectivity index (χ3v) is 7.23. The van der Waals surface area contributed by atoms with Crippen LogP contribution < -0.4 is 11.1 Å². The van der Waals surface area contributed by atoms with Crippen LogP contribution in [0.3, 0.4) is 0 Å². The van der Waals surface area contributed by atoms with E-state index in [9.17, 15) is 27.6 Å². The topological polar surface area (TPSA) is 130 Å². The van der Waals surface area contributed by atoms with Gasteiger partial charge in [-0.25, -0.2) is 0 Å². The van der Waals surface area contributed by atoms with Gasteiger partial charge in [0, 0.05) is 62.0 Å². The molecule has 0 atom stereocenters. The standard InChI is InChI=1S/C32H32ClF3N6O4/c1-41(12-13-42-14-16-46-17-15-42)31(45)22-5-2-4-21(18-22)29(43)39-27-9-8-24(33)20-26(27)30(44)40-28(37)10-11-38-25-7-3-6-23(19-25)32(34,35)36/h2-9,11,18-20H,10,12-17H2,1H3,(H,39,43)(H2,37,40,44). The molecule has 0 unspecified atom stereocenters. The molecule has 1 saturated heterocycles. The van der Waals surface area contributed by atoms with Gasteiger partial charge in [-0.3, -0.25) is 24.3 Å². The number of likely N-dealkylation sites (N-methyl/N-ethyl adjacent to an activating group) is 1. The molecule has 0 radical (unpaired) electrons. The lowest BCUT2D eigenvalue weighted by Crippen LogP contribution is -2.41. The van der Waals surface area contributed by atoms with Crippen LogP contribution in [0.5, 0.6) is 0 Å². The van der Waals surface area contributed by atoms with Crippen molar-refractivity contribution in [2.24, 2.45) is 15.7 Å². The summed E-state index contributed by atoms with van der Waals surface area (Å²) in [5.74, 6) is -1.80. The van der Waals surface area contributed by atoms with Crippen molar-refractivity contribution in [2.75, 3.05) is 51.8 Å². The van der Waals surface area contributed by atoms with Crippen molar-refractivity contribution < 1.29 is 32.3 Å². The SMILES string of the molecule is CN(CCN1CCOCC1)C(=O)c1cccc(C(=O)Nc2ccc(Cl)cc2C(=O)N=C(N)CC=Nc2cccc(C(F)(F)F)c2)c1. The molecule has 1 fully saturated rings. The van der Waals surface area contributed by atoms with Crippen LogP contribution in [0.4, 0.5) is 24.5 Å². The van der Waals surface area contributed by atoms with Crippen LogP contribution in [-0.4, -0.2) is 86.0 Å². The normalized spacial score (nSPS) is 14.3. The molecule has 14 heteroatoms. The minimum atomic E-state index is -4.51. The van der Waals surface area contributed by atoms with Crippen LogP contribution in [0.2, 0.25) is 5.02 Å². The number of nitrogens with zero attached hydrogens (tertiary/aromatic N) is 4. The Labute approximate surface area is 268 Å². The molecule has 3 aromatic carbocycles. The van der Waals surface area contributed by atoms with E-state index in [0.29, 0.717) is 31.9 Å². The van der Waals surface area contributed by atoms with Gasteiger partial charge in [0.15, 0.2) is 0 Å². The van der Waals surface area contributed by atoms with Crippen molar-refractivity contribution in [1.82, 2.24) is 9.80 Å². The average Bonchev–Trinajstić information content (AvgIpc) is 3.04. The van der Waals surface area contributed by atoms with Gasteiger partial charge in [-0.2, -0.15) is 18.2 Å². The molecule has 242 valence electrons. The summed E-state index contributed by atoms with van der Waals surface area (Å²) >= 11 is 6.11. The number of ether oxygens (including phenoxy) is 1. The molecular weight excluding hydrogens is 625 g/mol. The predicted octanol–water partition coefficient (Wildman–Crippen LogP) is 5.31. The summed E-state index contributed by atoms with van der Waals surface area (Å²) in [5, 5.41) is 2.87. The number of hydrogen-bond acceptors (Lipinski definition) is 6. The number of halogens is 4. The van der Waals surface area contributed by atoms with Gasteiger partial charge in [-0.15, -0.1) is 0 Å². The number of nitrogens with one attached hydrogen (secondary N) is 1. The van der Waals surface area contributed by atoms with Crippen molar-refractivity contribution in [3.63, 3.8) is 0 Å². The first kappa shape index (κ1) is 34.3. The summed E-state index contributed by atoms with van der Waals surface area (Å²) in [7, 11) is 1.70. The van der Waals surface area contributed by atoms with Crippen molar-refractivity contribution in [1.29, 1.82) is 0 Å². The van der Waals surface area contributed by atoms with Crippen molar-refractivity contribution >= 4 is 52.7 Å². The zero-order valence-corrected chi connectivity index (χ0v) is 25.6. The molecule has 0 aromatic heterocycles. The molecule has 46 heavy (non-hydrogen) atoms. The fourth-order valence-electron chi connectivity index (χ4n) is 4.47. The van der Waals surface area contributed by atoms with Crippen LogP contribution in [0, 0.1) is 0 Å². The molecule has 0 saturated carbocycles. The summed E-state index contributed by atoms with van der Waals surface area (Å²) in [6.07, 6.45) is -3.41. The Morgan fingerprint density at radius 3 is 2.50 bits per heavy atom. The first-order valence-electron chi connectivity index (χ1n) is 14.2. The number of carbonyl (C=O) groups is 3. The molecule has 3 aromatic rings.